The number of ketones is 2. The van der Waals surface area contributed by atoms with E-state index in [4.69, 9.17) is 23.2 Å². The summed E-state index contributed by atoms with van der Waals surface area (Å²) in [4.78, 5) is 50.8. The van der Waals surface area contributed by atoms with Crippen LogP contribution < -0.4 is 10.6 Å². The Kier molecular flexibility index (Phi) is 14.1. The third-order valence-corrected chi connectivity index (χ3v) is 8.90. The lowest BCUT2D eigenvalue weighted by Gasteiger charge is -2.12. The van der Waals surface area contributed by atoms with Crippen molar-refractivity contribution < 1.29 is 19.2 Å². The van der Waals surface area contributed by atoms with Gasteiger partial charge in [0.05, 0.1) is 21.4 Å². The van der Waals surface area contributed by atoms with Gasteiger partial charge in [-0.05, 0) is 116 Å². The number of carbonyl (C=O) groups excluding carboxylic acids is 4. The lowest BCUT2D eigenvalue weighted by molar-refractivity contribution is -0.127. The van der Waals surface area contributed by atoms with Gasteiger partial charge in [0, 0.05) is 16.9 Å². The molecule has 10 nitrogen and oxygen atoms in total. The highest BCUT2D eigenvalue weighted by molar-refractivity contribution is 6.39. The zero-order valence-corrected chi connectivity index (χ0v) is 31.6. The predicted octanol–water partition coefficient (Wildman–Crippen LogP) is 10.3. The molecule has 2 N–H and O–H groups in total. The van der Waals surface area contributed by atoms with E-state index in [2.05, 4.69) is 43.2 Å². The van der Waals surface area contributed by atoms with Crippen LogP contribution >= 0.6 is 23.2 Å². The molecule has 2 atom stereocenters. The van der Waals surface area contributed by atoms with E-state index in [9.17, 15) is 19.2 Å². The van der Waals surface area contributed by atoms with Crippen LogP contribution in [0.2, 0.25) is 10.0 Å². The molecule has 0 saturated heterocycles. The molecular weight excluding hydrogens is 699 g/mol. The normalized spacial score (nSPS) is 12.5. The number of anilines is 2. The summed E-state index contributed by atoms with van der Waals surface area (Å²) in [6.07, 6.45) is 3.23. The minimum absolute atomic E-state index is 0.255. The number of nitrogens with zero attached hydrogens (tertiary/aromatic N) is 4. The van der Waals surface area contributed by atoms with Crippen LogP contribution in [0.5, 0.6) is 0 Å². The van der Waals surface area contributed by atoms with Crippen LogP contribution in [-0.4, -0.2) is 35.5 Å². The molecule has 0 spiro atoms. The Hall–Kier alpha value is -5.06. The fraction of sp³-hybridized carbons (Fsp3) is 0.300. The van der Waals surface area contributed by atoms with Crippen LogP contribution in [0.1, 0.15) is 63.8 Å². The smallest absolute Gasteiger partial charge is 0.258 e. The molecule has 0 saturated carbocycles. The van der Waals surface area contributed by atoms with E-state index < -0.39 is 35.5 Å². The van der Waals surface area contributed by atoms with Gasteiger partial charge in [0.15, 0.2) is 11.6 Å². The van der Waals surface area contributed by atoms with Crippen LogP contribution in [0.4, 0.5) is 22.7 Å². The van der Waals surface area contributed by atoms with E-state index in [0.717, 1.165) is 47.9 Å². The Morgan fingerprint density at radius 3 is 1.27 bits per heavy atom. The second-order valence-electron chi connectivity index (χ2n) is 12.3. The first-order chi connectivity index (χ1) is 24.8. The van der Waals surface area contributed by atoms with Crippen molar-refractivity contribution in [3.63, 3.8) is 0 Å². The van der Waals surface area contributed by atoms with Gasteiger partial charge < -0.3 is 10.6 Å². The van der Waals surface area contributed by atoms with Crippen LogP contribution in [-0.2, 0) is 44.9 Å². The molecule has 0 bridgehead atoms. The zero-order valence-electron chi connectivity index (χ0n) is 30.1. The number of hydrogen-bond acceptors (Lipinski definition) is 8. The lowest BCUT2D eigenvalue weighted by Crippen LogP contribution is -2.31. The fourth-order valence-corrected chi connectivity index (χ4v) is 6.07. The zero-order chi connectivity index (χ0) is 37.9. The van der Waals surface area contributed by atoms with Crippen molar-refractivity contribution in [3.8, 4) is 11.1 Å². The minimum Gasteiger partial charge on any atom is -0.324 e. The number of benzene rings is 4. The molecule has 2 amide bonds. The van der Waals surface area contributed by atoms with E-state index in [1.165, 1.54) is 26.0 Å². The molecule has 0 fully saturated rings. The summed E-state index contributed by atoms with van der Waals surface area (Å²) < 4.78 is 0. The standard InChI is InChI=1S/C40H42Cl2N6O4/c1-7-25-15-26(8-2)18-31(17-25)43-39(51)37(23(5)49)47-45-30-13-11-29(12-14-30)36-34(41)21-33(22-35(36)42)46-48-38(24(6)50)40(52)44-32-19-27(9-3)16-28(10-4)20-32/h11-22,37-38H,7-10H2,1-6H3,(H,43,51)(H,44,52). The van der Waals surface area contributed by atoms with Crippen LogP contribution in [0.25, 0.3) is 11.1 Å². The lowest BCUT2D eigenvalue weighted by atomic mass is 10.0. The van der Waals surface area contributed by atoms with Gasteiger partial charge in [0.2, 0.25) is 12.1 Å². The third-order valence-electron chi connectivity index (χ3n) is 8.30. The van der Waals surface area contributed by atoms with E-state index in [1.807, 2.05) is 52.0 Å². The molecule has 0 aliphatic heterocycles. The number of rotatable bonds is 15. The van der Waals surface area contributed by atoms with E-state index in [-0.39, 0.29) is 15.7 Å². The van der Waals surface area contributed by atoms with Gasteiger partial charge in [-0.25, -0.2) is 0 Å². The molecule has 4 aromatic carbocycles. The summed E-state index contributed by atoms with van der Waals surface area (Å²) in [5, 5.41) is 22.5. The summed E-state index contributed by atoms with van der Waals surface area (Å²) in [5.41, 5.74) is 7.32. The molecule has 270 valence electrons. The van der Waals surface area contributed by atoms with Crippen molar-refractivity contribution >= 4 is 69.3 Å². The monoisotopic (exact) mass is 740 g/mol. The summed E-state index contributed by atoms with van der Waals surface area (Å²) >= 11 is 13.3. The highest BCUT2D eigenvalue weighted by atomic mass is 35.5. The Morgan fingerprint density at radius 1 is 0.558 bits per heavy atom. The number of azo groups is 2. The molecule has 0 aromatic heterocycles. The molecule has 52 heavy (non-hydrogen) atoms. The molecule has 0 heterocycles. The Labute approximate surface area is 314 Å². The number of aryl methyl sites for hydroxylation is 4. The van der Waals surface area contributed by atoms with Gasteiger partial charge in [0.1, 0.15) is 0 Å². The first kappa shape index (κ1) is 39.7. The third kappa shape index (κ3) is 10.5. The van der Waals surface area contributed by atoms with E-state index >= 15 is 0 Å². The maximum atomic E-state index is 13.1. The summed E-state index contributed by atoms with van der Waals surface area (Å²) in [7, 11) is 0. The van der Waals surface area contributed by atoms with Gasteiger partial charge >= 0.3 is 0 Å². The van der Waals surface area contributed by atoms with Gasteiger partial charge in [-0.3, -0.25) is 19.2 Å². The maximum absolute atomic E-state index is 13.1. The van der Waals surface area contributed by atoms with Gasteiger partial charge in [-0.2, -0.15) is 20.5 Å². The van der Waals surface area contributed by atoms with E-state index in [1.54, 1.807) is 24.3 Å². The molecule has 0 aliphatic carbocycles. The quantitative estimate of drug-likeness (QED) is 0.0924. The highest BCUT2D eigenvalue weighted by Gasteiger charge is 2.25. The summed E-state index contributed by atoms with van der Waals surface area (Å²) in [6.45, 7) is 10.7. The average Bonchev–Trinajstić information content (AvgIpc) is 3.11. The molecule has 2 unspecified atom stereocenters. The Balaban J connectivity index is 1.48. The molecule has 0 radical (unpaired) electrons. The second kappa shape index (κ2) is 18.4. The second-order valence-corrected chi connectivity index (χ2v) is 13.1. The Bertz CT molecular complexity index is 1960. The number of hydrogen-bond donors (Lipinski definition) is 2. The first-order valence-electron chi connectivity index (χ1n) is 17.1. The van der Waals surface area contributed by atoms with E-state index in [0.29, 0.717) is 28.2 Å². The number of amides is 2. The molecule has 4 aromatic rings. The fourth-order valence-electron chi connectivity index (χ4n) is 5.38. The molecule has 4 rings (SSSR count). The summed E-state index contributed by atoms with van der Waals surface area (Å²) in [6, 6.07) is 18.8. The van der Waals surface area contributed by atoms with Crippen molar-refractivity contribution in [2.45, 2.75) is 79.3 Å². The van der Waals surface area contributed by atoms with Crippen LogP contribution in [0.15, 0.2) is 93.3 Å². The first-order valence-corrected chi connectivity index (χ1v) is 17.9. The average molecular weight is 742 g/mol. The van der Waals surface area contributed by atoms with Gasteiger partial charge in [-0.1, -0.05) is 75.2 Å². The number of carbonyl (C=O) groups is 4. The number of halogens is 2. The molecular formula is C40H42Cl2N6O4. The Morgan fingerprint density at radius 2 is 0.923 bits per heavy atom. The minimum atomic E-state index is -1.37. The van der Waals surface area contributed by atoms with Crippen LogP contribution in [0, 0.1) is 0 Å². The summed E-state index contributed by atoms with van der Waals surface area (Å²) in [5.74, 6) is -2.09. The topological polar surface area (TPSA) is 142 Å². The van der Waals surface area contributed by atoms with Crippen molar-refractivity contribution in [2.75, 3.05) is 10.6 Å². The molecule has 12 heteroatoms. The maximum Gasteiger partial charge on any atom is 0.258 e. The highest BCUT2D eigenvalue weighted by Crippen LogP contribution is 2.39. The van der Waals surface area contributed by atoms with Gasteiger partial charge in [0.25, 0.3) is 11.8 Å². The largest absolute Gasteiger partial charge is 0.324 e. The van der Waals surface area contributed by atoms with Crippen molar-refractivity contribution in [1.29, 1.82) is 0 Å². The number of nitrogens with one attached hydrogen (secondary N) is 2. The van der Waals surface area contributed by atoms with Crippen molar-refractivity contribution in [2.24, 2.45) is 20.5 Å². The predicted molar refractivity (Wildman–Crippen MR) is 208 cm³/mol. The number of Topliss-reactive ketones (excluding diaryl/α,β-unsaturated/α-hetero) is 2. The molecule has 0 aliphatic rings. The van der Waals surface area contributed by atoms with Gasteiger partial charge in [-0.15, -0.1) is 0 Å². The van der Waals surface area contributed by atoms with Crippen molar-refractivity contribution in [1.82, 2.24) is 0 Å². The van der Waals surface area contributed by atoms with Crippen molar-refractivity contribution in [3.05, 3.63) is 105 Å². The SMILES string of the molecule is CCc1cc(CC)cc(NC(=O)C(N=Nc2ccc(-c3c(Cl)cc(N=NC(C(C)=O)C(=O)Nc4cc(CC)cc(CC)c4)cc3Cl)cc2)C(C)=O)c1. The van der Waals surface area contributed by atoms with Crippen LogP contribution in [0.3, 0.4) is 0 Å².